The van der Waals surface area contributed by atoms with Crippen LogP contribution in [0.2, 0.25) is 0 Å². The molecule has 0 saturated carbocycles. The van der Waals surface area contributed by atoms with E-state index >= 15 is 0 Å². The van der Waals surface area contributed by atoms with Crippen molar-refractivity contribution in [3.05, 3.63) is 108 Å². The Hall–Kier alpha value is -4.26. The summed E-state index contributed by atoms with van der Waals surface area (Å²) in [5, 5.41) is 10.4. The maximum absolute atomic E-state index is 13.0. The Kier molecular flexibility index (Phi) is 7.45. The van der Waals surface area contributed by atoms with E-state index in [0.717, 1.165) is 22.3 Å². The molecular formula is C27H27N5O2. The summed E-state index contributed by atoms with van der Waals surface area (Å²) < 4.78 is 1.78. The Bertz CT molecular complexity index is 1240. The van der Waals surface area contributed by atoms with Gasteiger partial charge in [0.15, 0.2) is 0 Å². The number of carbonyl (C=O) groups is 2. The fourth-order valence-corrected chi connectivity index (χ4v) is 3.54. The van der Waals surface area contributed by atoms with Gasteiger partial charge < -0.3 is 10.6 Å². The molecule has 0 spiro atoms. The van der Waals surface area contributed by atoms with Crippen molar-refractivity contribution in [2.45, 2.75) is 26.4 Å². The number of amides is 2. The van der Waals surface area contributed by atoms with Gasteiger partial charge in [-0.25, -0.2) is 0 Å². The minimum absolute atomic E-state index is 0.129. The summed E-state index contributed by atoms with van der Waals surface area (Å²) >= 11 is 0. The first-order valence-corrected chi connectivity index (χ1v) is 11.2. The highest BCUT2D eigenvalue weighted by Gasteiger charge is 2.18. The Labute approximate surface area is 198 Å². The summed E-state index contributed by atoms with van der Waals surface area (Å²) in [5.41, 5.74) is 5.18. The van der Waals surface area contributed by atoms with Gasteiger partial charge in [0.1, 0.15) is 5.69 Å². The summed E-state index contributed by atoms with van der Waals surface area (Å²) in [6, 6.07) is 21.6. The predicted octanol–water partition coefficient (Wildman–Crippen LogP) is 3.74. The number of rotatable bonds is 9. The third-order valence-corrected chi connectivity index (χ3v) is 5.40. The standard InChI is InChI=1S/C27H27N5O2/c1-20-7-9-23(10-8-20)26-24(19-32(31-26)18-22-5-3-2-4-6-22)27(34)29-16-13-25(33)30-17-21-11-14-28-15-12-21/h2-12,14-15,19H,13,16-18H2,1H3,(H,29,34)(H,30,33). The van der Waals surface area contributed by atoms with E-state index in [2.05, 4.69) is 15.6 Å². The number of nitrogens with zero attached hydrogens (tertiary/aromatic N) is 3. The second-order valence-electron chi connectivity index (χ2n) is 8.08. The van der Waals surface area contributed by atoms with Crippen molar-refractivity contribution in [2.75, 3.05) is 6.54 Å². The lowest BCUT2D eigenvalue weighted by Gasteiger charge is -2.07. The van der Waals surface area contributed by atoms with E-state index in [1.165, 1.54) is 0 Å². The molecule has 7 heteroatoms. The lowest BCUT2D eigenvalue weighted by atomic mass is 10.1. The van der Waals surface area contributed by atoms with Crippen LogP contribution in [0.15, 0.2) is 85.3 Å². The van der Waals surface area contributed by atoms with Crippen LogP contribution in [0, 0.1) is 6.92 Å². The van der Waals surface area contributed by atoms with Crippen molar-refractivity contribution >= 4 is 11.8 Å². The van der Waals surface area contributed by atoms with Gasteiger partial charge in [-0.15, -0.1) is 0 Å². The number of benzene rings is 2. The first kappa shape index (κ1) is 22.9. The third-order valence-electron chi connectivity index (χ3n) is 5.40. The average Bonchev–Trinajstić information content (AvgIpc) is 3.28. The van der Waals surface area contributed by atoms with Crippen LogP contribution in [0.25, 0.3) is 11.3 Å². The van der Waals surface area contributed by atoms with E-state index in [9.17, 15) is 9.59 Å². The van der Waals surface area contributed by atoms with Gasteiger partial charge in [-0.2, -0.15) is 5.10 Å². The highest BCUT2D eigenvalue weighted by atomic mass is 16.2. The van der Waals surface area contributed by atoms with Crippen LogP contribution in [0.5, 0.6) is 0 Å². The SMILES string of the molecule is Cc1ccc(-c2nn(Cc3ccccc3)cc2C(=O)NCCC(=O)NCc2ccncc2)cc1. The molecule has 2 aromatic carbocycles. The molecular weight excluding hydrogens is 426 g/mol. The Morgan fingerprint density at radius 1 is 0.882 bits per heavy atom. The van der Waals surface area contributed by atoms with Crippen LogP contribution in [0.3, 0.4) is 0 Å². The Morgan fingerprint density at radius 2 is 1.62 bits per heavy atom. The smallest absolute Gasteiger partial charge is 0.255 e. The lowest BCUT2D eigenvalue weighted by Crippen LogP contribution is -2.30. The highest BCUT2D eigenvalue weighted by molar-refractivity contribution is 6.00. The molecule has 172 valence electrons. The molecule has 0 unspecified atom stereocenters. The van der Waals surface area contributed by atoms with Gasteiger partial charge in [0.2, 0.25) is 5.91 Å². The van der Waals surface area contributed by atoms with Crippen molar-refractivity contribution in [1.82, 2.24) is 25.4 Å². The van der Waals surface area contributed by atoms with E-state index in [0.29, 0.717) is 24.3 Å². The van der Waals surface area contributed by atoms with Crippen LogP contribution in [0.1, 0.15) is 33.5 Å². The molecule has 0 atom stereocenters. The van der Waals surface area contributed by atoms with Crippen molar-refractivity contribution in [3.8, 4) is 11.3 Å². The number of nitrogens with one attached hydrogen (secondary N) is 2. The zero-order valence-electron chi connectivity index (χ0n) is 19.1. The summed E-state index contributed by atoms with van der Waals surface area (Å²) in [6.07, 6.45) is 5.33. The van der Waals surface area contributed by atoms with Gasteiger partial charge >= 0.3 is 0 Å². The van der Waals surface area contributed by atoms with Gasteiger partial charge in [0, 0.05) is 43.7 Å². The topological polar surface area (TPSA) is 88.9 Å². The molecule has 2 amide bonds. The molecule has 2 aromatic heterocycles. The summed E-state index contributed by atoms with van der Waals surface area (Å²) in [5.74, 6) is -0.382. The van der Waals surface area contributed by atoms with Crippen molar-refractivity contribution in [1.29, 1.82) is 0 Å². The molecule has 2 N–H and O–H groups in total. The van der Waals surface area contributed by atoms with E-state index < -0.39 is 0 Å². The van der Waals surface area contributed by atoms with Crippen molar-refractivity contribution < 1.29 is 9.59 Å². The largest absolute Gasteiger partial charge is 0.352 e. The molecule has 0 aliphatic heterocycles. The minimum atomic E-state index is -0.253. The van der Waals surface area contributed by atoms with E-state index in [1.807, 2.05) is 73.7 Å². The van der Waals surface area contributed by atoms with Crippen LogP contribution in [0.4, 0.5) is 0 Å². The van der Waals surface area contributed by atoms with Crippen molar-refractivity contribution in [3.63, 3.8) is 0 Å². The molecule has 0 aliphatic rings. The second-order valence-corrected chi connectivity index (χ2v) is 8.08. The Balaban J connectivity index is 1.41. The number of hydrogen-bond acceptors (Lipinski definition) is 4. The third kappa shape index (κ3) is 6.16. The van der Waals surface area contributed by atoms with Gasteiger partial charge in [-0.1, -0.05) is 60.2 Å². The van der Waals surface area contributed by atoms with E-state index in [4.69, 9.17) is 5.10 Å². The fourth-order valence-electron chi connectivity index (χ4n) is 3.54. The van der Waals surface area contributed by atoms with Crippen LogP contribution >= 0.6 is 0 Å². The number of aromatic nitrogens is 3. The molecule has 34 heavy (non-hydrogen) atoms. The number of carbonyl (C=O) groups excluding carboxylic acids is 2. The number of aryl methyl sites for hydroxylation is 1. The van der Waals surface area contributed by atoms with Gasteiger partial charge in [0.05, 0.1) is 12.1 Å². The molecule has 0 bridgehead atoms. The van der Waals surface area contributed by atoms with Gasteiger partial charge in [-0.05, 0) is 30.2 Å². The summed E-state index contributed by atoms with van der Waals surface area (Å²) in [7, 11) is 0. The molecule has 0 radical (unpaired) electrons. The Morgan fingerprint density at radius 3 is 2.35 bits per heavy atom. The molecule has 4 aromatic rings. The summed E-state index contributed by atoms with van der Waals surface area (Å²) in [6.45, 7) is 3.24. The van der Waals surface area contributed by atoms with Crippen LogP contribution in [-0.4, -0.2) is 33.1 Å². The predicted molar refractivity (Wildman–Crippen MR) is 131 cm³/mol. The maximum atomic E-state index is 13.0. The molecule has 0 fully saturated rings. The normalized spacial score (nSPS) is 10.6. The van der Waals surface area contributed by atoms with Crippen LogP contribution < -0.4 is 10.6 Å². The van der Waals surface area contributed by atoms with Crippen LogP contribution in [-0.2, 0) is 17.9 Å². The zero-order valence-corrected chi connectivity index (χ0v) is 19.1. The zero-order chi connectivity index (χ0) is 23.8. The average molecular weight is 454 g/mol. The van der Waals surface area contributed by atoms with E-state index in [1.54, 1.807) is 23.3 Å². The molecule has 2 heterocycles. The fraction of sp³-hybridized carbons (Fsp3) is 0.185. The maximum Gasteiger partial charge on any atom is 0.255 e. The first-order chi connectivity index (χ1) is 16.6. The molecule has 0 saturated heterocycles. The second kappa shape index (κ2) is 11.0. The van der Waals surface area contributed by atoms with Gasteiger partial charge in [-0.3, -0.25) is 19.3 Å². The number of pyridine rings is 1. The summed E-state index contributed by atoms with van der Waals surface area (Å²) in [4.78, 5) is 29.2. The molecule has 7 nitrogen and oxygen atoms in total. The van der Waals surface area contributed by atoms with Crippen molar-refractivity contribution in [2.24, 2.45) is 0 Å². The van der Waals surface area contributed by atoms with Gasteiger partial charge in [0.25, 0.3) is 5.91 Å². The minimum Gasteiger partial charge on any atom is -0.352 e. The molecule has 0 aliphatic carbocycles. The quantitative estimate of drug-likeness (QED) is 0.404. The van der Waals surface area contributed by atoms with E-state index in [-0.39, 0.29) is 24.8 Å². The number of hydrogen-bond donors (Lipinski definition) is 2. The molecule has 4 rings (SSSR count). The monoisotopic (exact) mass is 453 g/mol. The lowest BCUT2D eigenvalue weighted by molar-refractivity contribution is -0.121. The highest BCUT2D eigenvalue weighted by Crippen LogP contribution is 2.23. The first-order valence-electron chi connectivity index (χ1n) is 11.2.